The van der Waals surface area contributed by atoms with Crippen LogP contribution >= 0.6 is 0 Å². The van der Waals surface area contributed by atoms with Gasteiger partial charge in [0, 0.05) is 10.8 Å². The second-order valence-corrected chi connectivity index (χ2v) is 6.58. The van der Waals surface area contributed by atoms with Crippen molar-refractivity contribution in [2.45, 2.75) is 58.3 Å². The summed E-state index contributed by atoms with van der Waals surface area (Å²) in [5.41, 5.74) is 3.77. The second-order valence-electron chi connectivity index (χ2n) is 6.58. The monoisotopic (exact) mass is 305 g/mol. The zero-order valence-electron chi connectivity index (χ0n) is 14.4. The van der Waals surface area contributed by atoms with Gasteiger partial charge in [0.05, 0.1) is 11.0 Å². The number of para-hydroxylation sites is 2. The zero-order chi connectivity index (χ0) is 16.1. The van der Waals surface area contributed by atoms with E-state index in [0.29, 0.717) is 5.92 Å². The molecule has 0 saturated carbocycles. The van der Waals surface area contributed by atoms with E-state index in [1.807, 2.05) is 0 Å². The molecule has 1 heterocycles. The molecule has 0 radical (unpaired) electrons. The zero-order valence-corrected chi connectivity index (χ0v) is 14.4. The highest BCUT2D eigenvalue weighted by atomic mass is 14.7. The van der Waals surface area contributed by atoms with E-state index >= 15 is 0 Å². The maximum Gasteiger partial charge on any atom is 0.0744 e. The first kappa shape index (κ1) is 16.0. The van der Waals surface area contributed by atoms with Crippen molar-refractivity contribution in [1.29, 1.82) is 0 Å². The number of pyridine rings is 1. The highest BCUT2D eigenvalue weighted by Gasteiger charge is 2.15. The fourth-order valence-corrected chi connectivity index (χ4v) is 3.51. The van der Waals surface area contributed by atoms with Crippen LogP contribution < -0.4 is 0 Å². The van der Waals surface area contributed by atoms with E-state index < -0.39 is 0 Å². The van der Waals surface area contributed by atoms with Gasteiger partial charge >= 0.3 is 0 Å². The summed E-state index contributed by atoms with van der Waals surface area (Å²) in [4.78, 5) is 5.01. The maximum absolute atomic E-state index is 5.01. The third kappa shape index (κ3) is 3.55. The van der Waals surface area contributed by atoms with Crippen molar-refractivity contribution < 1.29 is 0 Å². The Morgan fingerprint density at radius 3 is 2.26 bits per heavy atom. The summed E-state index contributed by atoms with van der Waals surface area (Å²) in [7, 11) is 0. The van der Waals surface area contributed by atoms with Gasteiger partial charge in [0.1, 0.15) is 0 Å². The molecule has 0 aliphatic rings. The largest absolute Gasteiger partial charge is 0.247 e. The molecular weight excluding hydrogens is 278 g/mol. The number of aromatic nitrogens is 1. The van der Waals surface area contributed by atoms with Crippen molar-refractivity contribution in [3.8, 4) is 0 Å². The minimum Gasteiger partial charge on any atom is -0.247 e. The topological polar surface area (TPSA) is 12.9 Å². The van der Waals surface area contributed by atoms with Crippen LogP contribution in [0.1, 0.15) is 63.9 Å². The normalized spacial score (nSPS) is 11.6. The van der Waals surface area contributed by atoms with E-state index in [9.17, 15) is 0 Å². The number of benzene rings is 2. The summed E-state index contributed by atoms with van der Waals surface area (Å²) in [6.45, 7) is 4.57. The Hall–Kier alpha value is -1.89. The number of nitrogens with zero attached hydrogens (tertiary/aromatic N) is 1. The molecule has 0 aliphatic carbocycles. The first-order valence-electron chi connectivity index (χ1n) is 9.12. The predicted octanol–water partition coefficient (Wildman–Crippen LogP) is 6.85. The van der Waals surface area contributed by atoms with Gasteiger partial charge in [-0.25, -0.2) is 4.98 Å². The molecule has 0 aliphatic heterocycles. The van der Waals surface area contributed by atoms with E-state index in [1.54, 1.807) is 0 Å². The molecule has 3 rings (SSSR count). The molecule has 1 heteroatoms. The summed E-state index contributed by atoms with van der Waals surface area (Å²) in [6.07, 6.45) is 7.71. The van der Waals surface area contributed by atoms with Gasteiger partial charge in [-0.05, 0) is 36.5 Å². The van der Waals surface area contributed by atoms with Gasteiger partial charge in [-0.3, -0.25) is 0 Å². The van der Waals surface area contributed by atoms with Crippen LogP contribution in [-0.2, 0) is 0 Å². The average molecular weight is 305 g/mol. The van der Waals surface area contributed by atoms with Crippen LogP contribution in [0.5, 0.6) is 0 Å². The van der Waals surface area contributed by atoms with Crippen LogP contribution in [0.3, 0.4) is 0 Å². The SMILES string of the molecule is CCCCC(CCCC)c1cccc2cc3ccccc3nc12. The lowest BCUT2D eigenvalue weighted by Crippen LogP contribution is -2.01. The van der Waals surface area contributed by atoms with Gasteiger partial charge in [-0.15, -0.1) is 0 Å². The Kier molecular flexibility index (Phi) is 5.27. The standard InChI is InChI=1S/C22H27N/c1-3-5-10-17(11-6-4-2)20-14-9-13-19-16-18-12-7-8-15-21(18)23-22(19)20/h7-9,12-17H,3-6,10-11H2,1-2H3. The van der Waals surface area contributed by atoms with Gasteiger partial charge in [0.2, 0.25) is 0 Å². The molecule has 0 saturated heterocycles. The van der Waals surface area contributed by atoms with Crippen LogP contribution in [0.2, 0.25) is 0 Å². The lowest BCUT2D eigenvalue weighted by molar-refractivity contribution is 0.527. The van der Waals surface area contributed by atoms with Crippen molar-refractivity contribution in [1.82, 2.24) is 4.98 Å². The quantitative estimate of drug-likeness (QED) is 0.435. The van der Waals surface area contributed by atoms with Gasteiger partial charge in [0.25, 0.3) is 0 Å². The lowest BCUT2D eigenvalue weighted by Gasteiger charge is -2.19. The Labute approximate surface area is 139 Å². The molecule has 3 aromatic rings. The summed E-state index contributed by atoms with van der Waals surface area (Å²) in [5, 5.41) is 2.51. The minimum absolute atomic E-state index is 0.646. The number of unbranched alkanes of at least 4 members (excludes halogenated alkanes) is 2. The fraction of sp³-hybridized carbons (Fsp3) is 0.409. The third-order valence-corrected chi connectivity index (χ3v) is 4.83. The van der Waals surface area contributed by atoms with E-state index in [0.717, 1.165) is 5.52 Å². The van der Waals surface area contributed by atoms with Crippen molar-refractivity contribution >= 4 is 21.8 Å². The number of hydrogen-bond donors (Lipinski definition) is 0. The second kappa shape index (κ2) is 7.59. The molecule has 0 amide bonds. The lowest BCUT2D eigenvalue weighted by atomic mass is 9.87. The minimum atomic E-state index is 0.646. The van der Waals surface area contributed by atoms with Crippen molar-refractivity contribution in [3.05, 3.63) is 54.1 Å². The smallest absolute Gasteiger partial charge is 0.0744 e. The molecule has 0 bridgehead atoms. The van der Waals surface area contributed by atoms with Gasteiger partial charge < -0.3 is 0 Å². The van der Waals surface area contributed by atoms with Crippen molar-refractivity contribution in [2.75, 3.05) is 0 Å². The Morgan fingerprint density at radius 1 is 0.826 bits per heavy atom. The number of hydrogen-bond acceptors (Lipinski definition) is 1. The molecule has 0 fully saturated rings. The highest BCUT2D eigenvalue weighted by molar-refractivity contribution is 5.94. The first-order chi connectivity index (χ1) is 11.3. The van der Waals surface area contributed by atoms with Gasteiger partial charge in [-0.1, -0.05) is 75.9 Å². The molecule has 0 atom stereocenters. The fourth-order valence-electron chi connectivity index (χ4n) is 3.51. The van der Waals surface area contributed by atoms with Gasteiger partial charge in [-0.2, -0.15) is 0 Å². The molecular formula is C22H27N. The summed E-state index contributed by atoms with van der Waals surface area (Å²) >= 11 is 0. The van der Waals surface area contributed by atoms with E-state index in [-0.39, 0.29) is 0 Å². The molecule has 0 N–H and O–H groups in total. The molecule has 23 heavy (non-hydrogen) atoms. The van der Waals surface area contributed by atoms with E-state index in [1.165, 1.54) is 60.4 Å². The average Bonchev–Trinajstić information content (AvgIpc) is 2.60. The Morgan fingerprint density at radius 2 is 1.52 bits per heavy atom. The highest BCUT2D eigenvalue weighted by Crippen LogP contribution is 2.33. The van der Waals surface area contributed by atoms with Crippen LogP contribution in [0.4, 0.5) is 0 Å². The van der Waals surface area contributed by atoms with Crippen molar-refractivity contribution in [2.24, 2.45) is 0 Å². The van der Waals surface area contributed by atoms with E-state index in [2.05, 4.69) is 62.4 Å². The molecule has 120 valence electrons. The summed E-state index contributed by atoms with van der Waals surface area (Å²) in [6, 6.07) is 17.4. The van der Waals surface area contributed by atoms with Gasteiger partial charge in [0.15, 0.2) is 0 Å². The first-order valence-corrected chi connectivity index (χ1v) is 9.12. The predicted molar refractivity (Wildman–Crippen MR) is 101 cm³/mol. The van der Waals surface area contributed by atoms with Crippen LogP contribution in [-0.4, -0.2) is 4.98 Å². The molecule has 1 aromatic heterocycles. The molecule has 1 nitrogen and oxygen atoms in total. The number of rotatable bonds is 7. The Bertz CT molecular complexity index is 767. The molecule has 2 aromatic carbocycles. The third-order valence-electron chi connectivity index (χ3n) is 4.83. The number of fused-ring (bicyclic) bond motifs is 2. The van der Waals surface area contributed by atoms with Crippen LogP contribution in [0, 0.1) is 0 Å². The molecule has 0 spiro atoms. The van der Waals surface area contributed by atoms with Crippen LogP contribution in [0.15, 0.2) is 48.5 Å². The van der Waals surface area contributed by atoms with Crippen LogP contribution in [0.25, 0.3) is 21.8 Å². The Balaban J connectivity index is 2.08. The maximum atomic E-state index is 5.01. The molecule has 0 unspecified atom stereocenters. The summed E-state index contributed by atoms with van der Waals surface area (Å²) in [5.74, 6) is 0.646. The van der Waals surface area contributed by atoms with Crippen molar-refractivity contribution in [3.63, 3.8) is 0 Å². The summed E-state index contributed by atoms with van der Waals surface area (Å²) < 4.78 is 0. The van der Waals surface area contributed by atoms with E-state index in [4.69, 9.17) is 4.98 Å².